The Hall–Kier alpha value is -2.32. The summed E-state index contributed by atoms with van der Waals surface area (Å²) < 4.78 is 11.7. The molecule has 8 heteroatoms. The molecule has 6 nitrogen and oxygen atoms in total. The standard InChI is InChI=1S/C14H11N3O3S2/c1-15-12(18)7-2-3-21-13(7)17-14-16-8-4-9-10(20-6-19-9)5-11(8)22-14/h2-5H,6H2,1H3,(H,15,18)(H,16,17). The minimum atomic E-state index is -0.120. The van der Waals surface area contributed by atoms with Gasteiger partial charge in [0.2, 0.25) is 6.79 Å². The van der Waals surface area contributed by atoms with Crippen LogP contribution < -0.4 is 20.1 Å². The number of fused-ring (bicyclic) bond motifs is 2. The van der Waals surface area contributed by atoms with Crippen LogP contribution in [0.1, 0.15) is 10.4 Å². The molecule has 1 aliphatic heterocycles. The van der Waals surface area contributed by atoms with Crippen molar-refractivity contribution in [3.63, 3.8) is 0 Å². The van der Waals surface area contributed by atoms with E-state index in [9.17, 15) is 4.79 Å². The minimum Gasteiger partial charge on any atom is -0.454 e. The first kappa shape index (κ1) is 13.4. The summed E-state index contributed by atoms with van der Waals surface area (Å²) in [6, 6.07) is 5.58. The van der Waals surface area contributed by atoms with Gasteiger partial charge in [0.25, 0.3) is 5.91 Å². The van der Waals surface area contributed by atoms with E-state index in [4.69, 9.17) is 9.47 Å². The highest BCUT2D eigenvalue weighted by atomic mass is 32.1. The fraction of sp³-hybridized carbons (Fsp3) is 0.143. The summed E-state index contributed by atoms with van der Waals surface area (Å²) >= 11 is 2.97. The minimum absolute atomic E-state index is 0.120. The lowest BCUT2D eigenvalue weighted by Gasteiger charge is -2.02. The van der Waals surface area contributed by atoms with Crippen LogP contribution in [-0.4, -0.2) is 24.7 Å². The second-order valence-electron chi connectivity index (χ2n) is 4.56. The molecule has 112 valence electrons. The average Bonchev–Trinajstić information content (AvgIpc) is 3.22. The highest BCUT2D eigenvalue weighted by molar-refractivity contribution is 7.22. The summed E-state index contributed by atoms with van der Waals surface area (Å²) in [5, 5.41) is 9.22. The number of hydrogen-bond acceptors (Lipinski definition) is 7. The molecule has 3 heterocycles. The summed E-state index contributed by atoms with van der Waals surface area (Å²) in [6.45, 7) is 0.252. The van der Waals surface area contributed by atoms with E-state index in [1.54, 1.807) is 13.1 Å². The Morgan fingerprint density at radius 1 is 1.32 bits per heavy atom. The molecule has 0 radical (unpaired) electrons. The first-order chi connectivity index (χ1) is 10.7. The predicted octanol–water partition coefficient (Wildman–Crippen LogP) is 3.19. The molecule has 0 spiro atoms. The molecule has 4 rings (SSSR count). The van der Waals surface area contributed by atoms with E-state index in [0.29, 0.717) is 11.3 Å². The molecule has 2 N–H and O–H groups in total. The van der Waals surface area contributed by atoms with Gasteiger partial charge in [-0.2, -0.15) is 0 Å². The lowest BCUT2D eigenvalue weighted by atomic mass is 10.3. The largest absolute Gasteiger partial charge is 0.454 e. The van der Waals surface area contributed by atoms with Gasteiger partial charge in [-0.1, -0.05) is 11.3 Å². The lowest BCUT2D eigenvalue weighted by molar-refractivity contribution is 0.0964. The van der Waals surface area contributed by atoms with Gasteiger partial charge in [-0.15, -0.1) is 11.3 Å². The van der Waals surface area contributed by atoms with E-state index in [1.165, 1.54) is 22.7 Å². The van der Waals surface area contributed by atoms with Crippen molar-refractivity contribution < 1.29 is 14.3 Å². The Bertz CT molecular complexity index is 830. The molecule has 0 bridgehead atoms. The van der Waals surface area contributed by atoms with E-state index < -0.39 is 0 Å². The van der Waals surface area contributed by atoms with Crippen molar-refractivity contribution in [3.05, 3.63) is 29.1 Å². The van der Waals surface area contributed by atoms with Gasteiger partial charge < -0.3 is 20.1 Å². The van der Waals surface area contributed by atoms with Crippen molar-refractivity contribution in [1.29, 1.82) is 0 Å². The summed E-state index contributed by atoms with van der Waals surface area (Å²) in [6.07, 6.45) is 0. The quantitative estimate of drug-likeness (QED) is 0.770. The molecular weight excluding hydrogens is 322 g/mol. The third-order valence-electron chi connectivity index (χ3n) is 3.24. The molecule has 3 aromatic rings. The lowest BCUT2D eigenvalue weighted by Crippen LogP contribution is -2.17. The van der Waals surface area contributed by atoms with Crippen LogP contribution in [0.2, 0.25) is 0 Å². The van der Waals surface area contributed by atoms with Crippen molar-refractivity contribution in [2.75, 3.05) is 19.2 Å². The number of benzene rings is 1. The van der Waals surface area contributed by atoms with Crippen LogP contribution in [0.3, 0.4) is 0 Å². The van der Waals surface area contributed by atoms with Gasteiger partial charge in [-0.05, 0) is 11.4 Å². The van der Waals surface area contributed by atoms with E-state index in [0.717, 1.165) is 26.1 Å². The van der Waals surface area contributed by atoms with E-state index in [1.807, 2.05) is 17.5 Å². The van der Waals surface area contributed by atoms with E-state index in [2.05, 4.69) is 15.6 Å². The topological polar surface area (TPSA) is 72.5 Å². The predicted molar refractivity (Wildman–Crippen MR) is 86.7 cm³/mol. The number of thiazole rings is 1. The molecule has 1 aromatic carbocycles. The van der Waals surface area contributed by atoms with Crippen molar-refractivity contribution >= 4 is 48.9 Å². The van der Waals surface area contributed by atoms with E-state index in [-0.39, 0.29) is 12.7 Å². The molecule has 1 aliphatic rings. The maximum atomic E-state index is 11.8. The molecule has 22 heavy (non-hydrogen) atoms. The van der Waals surface area contributed by atoms with Crippen LogP contribution in [0.25, 0.3) is 10.2 Å². The maximum absolute atomic E-state index is 11.8. The van der Waals surface area contributed by atoms with Gasteiger partial charge in [-0.3, -0.25) is 4.79 Å². The van der Waals surface area contributed by atoms with Crippen LogP contribution in [-0.2, 0) is 0 Å². The Balaban J connectivity index is 1.68. The SMILES string of the molecule is CNC(=O)c1ccsc1Nc1nc2cc3c(cc2s1)OCO3. The number of amides is 1. The number of ether oxygens (including phenoxy) is 2. The van der Waals surface area contributed by atoms with Crippen LogP contribution in [0.5, 0.6) is 11.5 Å². The number of rotatable bonds is 3. The smallest absolute Gasteiger partial charge is 0.254 e. The zero-order valence-corrected chi connectivity index (χ0v) is 13.1. The number of nitrogens with zero attached hydrogens (tertiary/aromatic N) is 1. The number of carbonyl (C=O) groups excluding carboxylic acids is 1. The average molecular weight is 333 g/mol. The first-order valence-corrected chi connectivity index (χ1v) is 8.21. The fourth-order valence-corrected chi connectivity index (χ4v) is 3.92. The second-order valence-corrected chi connectivity index (χ2v) is 6.51. The van der Waals surface area contributed by atoms with Crippen molar-refractivity contribution in [2.45, 2.75) is 0 Å². The molecule has 0 saturated heterocycles. The van der Waals surface area contributed by atoms with Gasteiger partial charge in [-0.25, -0.2) is 4.98 Å². The van der Waals surface area contributed by atoms with Crippen LogP contribution in [0.4, 0.5) is 10.1 Å². The Morgan fingerprint density at radius 2 is 2.14 bits per heavy atom. The fourth-order valence-electron chi connectivity index (χ4n) is 2.19. The van der Waals surface area contributed by atoms with E-state index >= 15 is 0 Å². The molecule has 0 unspecified atom stereocenters. The third kappa shape index (κ3) is 2.16. The Kier molecular flexibility index (Phi) is 3.12. The van der Waals surface area contributed by atoms with Crippen LogP contribution >= 0.6 is 22.7 Å². The number of hydrogen-bond donors (Lipinski definition) is 2. The van der Waals surface area contributed by atoms with Gasteiger partial charge in [0.1, 0.15) is 5.00 Å². The van der Waals surface area contributed by atoms with Gasteiger partial charge in [0.05, 0.1) is 15.8 Å². The number of anilines is 2. The van der Waals surface area contributed by atoms with Crippen molar-refractivity contribution in [2.24, 2.45) is 0 Å². The van der Waals surface area contributed by atoms with Gasteiger partial charge in [0, 0.05) is 19.2 Å². The summed E-state index contributed by atoms with van der Waals surface area (Å²) in [4.78, 5) is 16.3. The Labute approximate surface area is 133 Å². The maximum Gasteiger partial charge on any atom is 0.254 e. The zero-order valence-electron chi connectivity index (χ0n) is 11.5. The monoisotopic (exact) mass is 333 g/mol. The molecule has 1 amide bonds. The molecular formula is C14H11N3O3S2. The van der Waals surface area contributed by atoms with Gasteiger partial charge in [0.15, 0.2) is 16.6 Å². The van der Waals surface area contributed by atoms with Gasteiger partial charge >= 0.3 is 0 Å². The normalized spacial score (nSPS) is 12.6. The molecule has 0 saturated carbocycles. The molecule has 0 aliphatic carbocycles. The number of thiophene rings is 1. The molecule has 2 aromatic heterocycles. The number of aromatic nitrogens is 1. The summed E-state index contributed by atoms with van der Waals surface area (Å²) in [7, 11) is 1.61. The molecule has 0 atom stereocenters. The first-order valence-electron chi connectivity index (χ1n) is 6.51. The third-order valence-corrected chi connectivity index (χ3v) is 5.00. The van der Waals surface area contributed by atoms with Crippen LogP contribution in [0.15, 0.2) is 23.6 Å². The van der Waals surface area contributed by atoms with Crippen molar-refractivity contribution in [3.8, 4) is 11.5 Å². The highest BCUT2D eigenvalue weighted by Crippen LogP contribution is 2.40. The summed E-state index contributed by atoms with van der Waals surface area (Å²) in [5.41, 5.74) is 1.45. The van der Waals surface area contributed by atoms with Crippen molar-refractivity contribution in [1.82, 2.24) is 10.3 Å². The second kappa shape index (κ2) is 5.15. The van der Waals surface area contributed by atoms with Crippen LogP contribution in [0, 0.1) is 0 Å². The number of nitrogens with one attached hydrogen (secondary N) is 2. The Morgan fingerprint density at radius 3 is 2.95 bits per heavy atom. The number of carbonyl (C=O) groups is 1. The highest BCUT2D eigenvalue weighted by Gasteiger charge is 2.18. The zero-order chi connectivity index (χ0) is 15.1. The summed E-state index contributed by atoms with van der Waals surface area (Å²) in [5.74, 6) is 1.34. The molecule has 0 fully saturated rings.